The average Bonchev–Trinajstić information content (AvgIpc) is 2.99. The summed E-state index contributed by atoms with van der Waals surface area (Å²) >= 11 is 6.37. The highest BCUT2D eigenvalue weighted by molar-refractivity contribution is 8.23. The van der Waals surface area contributed by atoms with Crippen LogP contribution in [0.4, 0.5) is 5.69 Å². The summed E-state index contributed by atoms with van der Waals surface area (Å²) in [5, 5.41) is 2.61. The first kappa shape index (κ1) is 21.2. The number of thioether (sulfide) groups is 1. The first-order valence-electron chi connectivity index (χ1n) is 8.72. The molecule has 2 amide bonds. The van der Waals surface area contributed by atoms with E-state index in [4.69, 9.17) is 17.0 Å². The van der Waals surface area contributed by atoms with Gasteiger partial charge in [0, 0.05) is 31.9 Å². The number of hydrogen-bond donors (Lipinski definition) is 1. The predicted octanol–water partition coefficient (Wildman–Crippen LogP) is 1.67. The summed E-state index contributed by atoms with van der Waals surface area (Å²) in [7, 11) is 0. The Kier molecular flexibility index (Phi) is 8.05. The van der Waals surface area contributed by atoms with Crippen molar-refractivity contribution >= 4 is 51.8 Å². The number of nitrogens with one attached hydrogen (secondary N) is 1. The maximum atomic E-state index is 12.0. The number of hydrogen-bond acceptors (Lipinski definition) is 7. The number of nitrogens with zero attached hydrogens (tertiary/aromatic N) is 2. The minimum Gasteiger partial charge on any atom is -0.452 e. The number of esters is 1. The van der Waals surface area contributed by atoms with E-state index in [0.717, 1.165) is 18.8 Å². The summed E-state index contributed by atoms with van der Waals surface area (Å²) in [6.45, 7) is 6.09. The van der Waals surface area contributed by atoms with Gasteiger partial charge in [-0.2, -0.15) is 0 Å². The number of benzene rings is 1. The van der Waals surface area contributed by atoms with Crippen molar-refractivity contribution in [2.75, 3.05) is 43.4 Å². The Bertz CT molecular complexity index is 689. The van der Waals surface area contributed by atoms with Crippen LogP contribution < -0.4 is 10.2 Å². The van der Waals surface area contributed by atoms with E-state index in [0.29, 0.717) is 22.2 Å². The van der Waals surface area contributed by atoms with E-state index >= 15 is 0 Å². The minimum atomic E-state index is -0.552. The van der Waals surface area contributed by atoms with E-state index in [2.05, 4.69) is 24.1 Å². The quantitative estimate of drug-likeness (QED) is 0.491. The monoisotopic (exact) mass is 409 g/mol. The summed E-state index contributed by atoms with van der Waals surface area (Å²) in [4.78, 5) is 39.0. The Hall–Kier alpha value is -2.13. The zero-order valence-electron chi connectivity index (χ0n) is 15.4. The van der Waals surface area contributed by atoms with Crippen LogP contribution in [0.25, 0.3) is 0 Å². The van der Waals surface area contributed by atoms with Crippen molar-refractivity contribution < 1.29 is 19.1 Å². The second-order valence-corrected chi connectivity index (χ2v) is 7.35. The van der Waals surface area contributed by atoms with Crippen LogP contribution in [-0.4, -0.2) is 65.5 Å². The molecule has 1 aliphatic heterocycles. The normalized spacial score (nSPS) is 13.6. The SMILES string of the molecule is CCN(CC)c1ccc(C(=O)OCC(=O)NCCN2C(=O)CSC2=S)cc1. The average molecular weight is 410 g/mol. The van der Waals surface area contributed by atoms with E-state index in [1.807, 2.05) is 12.1 Å². The van der Waals surface area contributed by atoms with Crippen LogP contribution in [0.5, 0.6) is 0 Å². The van der Waals surface area contributed by atoms with Crippen LogP contribution in [-0.2, 0) is 14.3 Å². The van der Waals surface area contributed by atoms with Crippen LogP contribution in [0.15, 0.2) is 24.3 Å². The lowest BCUT2D eigenvalue weighted by Crippen LogP contribution is -2.38. The molecule has 7 nitrogen and oxygen atoms in total. The first-order valence-corrected chi connectivity index (χ1v) is 10.1. The molecule has 0 bridgehead atoms. The lowest BCUT2D eigenvalue weighted by atomic mass is 10.2. The molecule has 0 atom stereocenters. The van der Waals surface area contributed by atoms with Crippen LogP contribution in [0, 0.1) is 0 Å². The number of anilines is 1. The van der Waals surface area contributed by atoms with Gasteiger partial charge in [-0.15, -0.1) is 0 Å². The number of carbonyl (C=O) groups excluding carboxylic acids is 3. The van der Waals surface area contributed by atoms with E-state index in [1.165, 1.54) is 16.7 Å². The highest BCUT2D eigenvalue weighted by Crippen LogP contribution is 2.18. The number of rotatable bonds is 9. The van der Waals surface area contributed by atoms with Crippen molar-refractivity contribution in [3.05, 3.63) is 29.8 Å². The van der Waals surface area contributed by atoms with Crippen molar-refractivity contribution in [2.45, 2.75) is 13.8 Å². The van der Waals surface area contributed by atoms with Gasteiger partial charge in [0.2, 0.25) is 5.91 Å². The molecule has 146 valence electrons. The molecule has 1 aromatic rings. The topological polar surface area (TPSA) is 79.0 Å². The van der Waals surface area contributed by atoms with Gasteiger partial charge >= 0.3 is 5.97 Å². The van der Waals surface area contributed by atoms with Gasteiger partial charge in [-0.3, -0.25) is 14.5 Å². The lowest BCUT2D eigenvalue weighted by Gasteiger charge is -2.20. The molecule has 0 aliphatic carbocycles. The van der Waals surface area contributed by atoms with Crippen LogP contribution in [0.1, 0.15) is 24.2 Å². The van der Waals surface area contributed by atoms with Gasteiger partial charge in [-0.25, -0.2) is 4.79 Å². The molecule has 0 aromatic heterocycles. The van der Waals surface area contributed by atoms with Crippen molar-refractivity contribution in [3.8, 4) is 0 Å². The number of carbonyl (C=O) groups is 3. The van der Waals surface area contributed by atoms with Crippen molar-refractivity contribution in [3.63, 3.8) is 0 Å². The largest absolute Gasteiger partial charge is 0.452 e. The Morgan fingerprint density at radius 2 is 1.93 bits per heavy atom. The van der Waals surface area contributed by atoms with Gasteiger partial charge in [-0.1, -0.05) is 24.0 Å². The molecule has 2 rings (SSSR count). The van der Waals surface area contributed by atoms with Gasteiger partial charge < -0.3 is 15.0 Å². The predicted molar refractivity (Wildman–Crippen MR) is 110 cm³/mol. The Balaban J connectivity index is 1.73. The molecular formula is C18H23N3O4S2. The summed E-state index contributed by atoms with van der Waals surface area (Å²) < 4.78 is 5.55. The summed E-state index contributed by atoms with van der Waals surface area (Å²) in [6.07, 6.45) is 0. The molecule has 1 heterocycles. The molecule has 9 heteroatoms. The molecule has 0 spiro atoms. The Morgan fingerprint density at radius 1 is 1.26 bits per heavy atom. The number of ether oxygens (including phenoxy) is 1. The number of amides is 2. The fourth-order valence-corrected chi connectivity index (χ4v) is 3.69. The highest BCUT2D eigenvalue weighted by atomic mass is 32.2. The van der Waals surface area contributed by atoms with E-state index in [1.54, 1.807) is 12.1 Å². The molecule has 1 fully saturated rings. The zero-order valence-corrected chi connectivity index (χ0v) is 17.0. The van der Waals surface area contributed by atoms with Gasteiger partial charge in [-0.05, 0) is 38.1 Å². The van der Waals surface area contributed by atoms with Gasteiger partial charge in [0.05, 0.1) is 11.3 Å². The third-order valence-electron chi connectivity index (χ3n) is 4.06. The summed E-state index contributed by atoms with van der Waals surface area (Å²) in [5.74, 6) is -0.687. The second kappa shape index (κ2) is 10.3. The van der Waals surface area contributed by atoms with Gasteiger partial charge in [0.1, 0.15) is 4.32 Å². The molecule has 0 saturated carbocycles. The van der Waals surface area contributed by atoms with Gasteiger partial charge in [0.25, 0.3) is 5.91 Å². The van der Waals surface area contributed by atoms with Gasteiger partial charge in [0.15, 0.2) is 6.61 Å². The van der Waals surface area contributed by atoms with Crippen molar-refractivity contribution in [2.24, 2.45) is 0 Å². The molecule has 27 heavy (non-hydrogen) atoms. The fourth-order valence-electron chi connectivity index (χ4n) is 2.57. The maximum Gasteiger partial charge on any atom is 0.338 e. The van der Waals surface area contributed by atoms with Crippen molar-refractivity contribution in [1.29, 1.82) is 0 Å². The number of thiocarbonyl (C=S) groups is 1. The third-order valence-corrected chi connectivity index (χ3v) is 5.50. The summed E-state index contributed by atoms with van der Waals surface area (Å²) in [6, 6.07) is 7.09. The molecule has 1 N–H and O–H groups in total. The van der Waals surface area contributed by atoms with E-state index in [-0.39, 0.29) is 19.1 Å². The molecule has 1 aliphatic rings. The second-order valence-electron chi connectivity index (χ2n) is 5.75. The Labute approximate surface area is 168 Å². The lowest BCUT2D eigenvalue weighted by molar-refractivity contribution is -0.126. The molecule has 1 saturated heterocycles. The van der Waals surface area contributed by atoms with E-state index < -0.39 is 11.9 Å². The van der Waals surface area contributed by atoms with Crippen LogP contribution in [0.2, 0.25) is 0 Å². The maximum absolute atomic E-state index is 12.0. The fraction of sp³-hybridized carbons (Fsp3) is 0.444. The first-order chi connectivity index (χ1) is 13.0. The molecule has 0 unspecified atom stereocenters. The standard InChI is InChI=1S/C18H23N3O4S2/c1-3-20(4-2)14-7-5-13(6-8-14)17(24)25-11-15(22)19-9-10-21-16(23)12-27-18(21)26/h5-8H,3-4,9-12H2,1-2H3,(H,19,22). The summed E-state index contributed by atoms with van der Waals surface area (Å²) in [5.41, 5.74) is 1.42. The molecule has 1 aromatic carbocycles. The minimum absolute atomic E-state index is 0.0566. The Morgan fingerprint density at radius 3 is 2.48 bits per heavy atom. The third kappa shape index (κ3) is 5.93. The molecule has 0 radical (unpaired) electrons. The van der Waals surface area contributed by atoms with Crippen molar-refractivity contribution in [1.82, 2.24) is 10.2 Å². The smallest absolute Gasteiger partial charge is 0.338 e. The molecular weight excluding hydrogens is 386 g/mol. The van der Waals surface area contributed by atoms with Crippen LogP contribution >= 0.6 is 24.0 Å². The highest BCUT2D eigenvalue weighted by Gasteiger charge is 2.25. The van der Waals surface area contributed by atoms with E-state index in [9.17, 15) is 14.4 Å². The zero-order chi connectivity index (χ0) is 19.8. The van der Waals surface area contributed by atoms with Crippen LogP contribution in [0.3, 0.4) is 0 Å².